The van der Waals surface area contributed by atoms with E-state index in [1.54, 1.807) is 39.2 Å². The van der Waals surface area contributed by atoms with E-state index >= 15 is 0 Å². The van der Waals surface area contributed by atoms with Gasteiger partial charge >= 0.3 is 6.09 Å². The smallest absolute Gasteiger partial charge is 0.412 e. The Kier molecular flexibility index (Phi) is 14.1. The minimum atomic E-state index is -4.03. The molecule has 4 fully saturated rings. The molecule has 2 saturated heterocycles. The van der Waals surface area contributed by atoms with Crippen molar-refractivity contribution >= 4 is 61.2 Å². The van der Waals surface area contributed by atoms with E-state index < -0.39 is 68.2 Å². The van der Waals surface area contributed by atoms with Crippen molar-refractivity contribution in [1.82, 2.24) is 30.2 Å². The highest BCUT2D eigenvalue weighted by molar-refractivity contribution is 7.91. The Hall–Kier alpha value is -4.97. The standard InChI is InChI=1S/C46H63N7O9S2/c1-27(2)39(50-44(57)61-29(5)6)41(55)53-25-32(62-38-23-35(36-26-63-43(49-36)47-28(3)4)48-34-21-31(60-7)16-17-33(34)38)22-37(53)40(54)51-46-24-30(46)15-13-11-9-8-10-12-14-18-45(19-20-45)64(58,59)52-42(46)56/h16-17,21,23,26-28,30,32,37,39H,5,8-15,18-20,22,24-25H2,1-4,6-7H3,(H,47,49)(H,50,57)(H,51,54)(H,52,56)/t30-,32-,37+,39+,46-/m1/s1. The number of thiazole rings is 1. The van der Waals surface area contributed by atoms with E-state index in [4.69, 9.17) is 24.2 Å². The molecule has 1 aromatic carbocycles. The van der Waals surface area contributed by atoms with Gasteiger partial charge in [0.25, 0.3) is 5.91 Å². The second-order valence-electron chi connectivity index (χ2n) is 18.7. The topological polar surface area (TPSA) is 207 Å². The van der Waals surface area contributed by atoms with E-state index in [0.717, 1.165) is 50.1 Å². The van der Waals surface area contributed by atoms with Crippen molar-refractivity contribution < 1.29 is 41.8 Å². The van der Waals surface area contributed by atoms with Crippen LogP contribution < -0.4 is 30.1 Å². The fraction of sp³-hybridized carbons (Fsp3) is 0.609. The number of allylic oxidation sites excluding steroid dienone is 1. The Morgan fingerprint density at radius 2 is 1.70 bits per heavy atom. The Bertz CT molecular complexity index is 2360. The Labute approximate surface area is 380 Å². The number of nitrogens with zero attached hydrogens (tertiary/aromatic N) is 3. The highest BCUT2D eigenvalue weighted by atomic mass is 32.2. The molecule has 4 heterocycles. The molecule has 4 aliphatic rings. The number of benzene rings is 1. The van der Waals surface area contributed by atoms with Gasteiger partial charge in [0.1, 0.15) is 40.9 Å². The maximum atomic E-state index is 14.8. The van der Waals surface area contributed by atoms with E-state index in [-0.39, 0.29) is 37.1 Å². The van der Waals surface area contributed by atoms with Crippen molar-refractivity contribution in [2.75, 3.05) is 19.0 Å². The quantitative estimate of drug-likeness (QED) is 0.133. The number of likely N-dealkylation sites (tertiary alicyclic amines) is 1. The third-order valence-electron chi connectivity index (χ3n) is 12.9. The van der Waals surface area contributed by atoms with Gasteiger partial charge in [-0.1, -0.05) is 65.4 Å². The van der Waals surface area contributed by atoms with Crippen LogP contribution in [0.4, 0.5) is 9.93 Å². The lowest BCUT2D eigenvalue weighted by molar-refractivity contribution is -0.141. The van der Waals surface area contributed by atoms with Crippen LogP contribution in [0.3, 0.4) is 0 Å². The molecule has 0 unspecified atom stereocenters. The predicted molar refractivity (Wildman–Crippen MR) is 245 cm³/mol. The zero-order chi connectivity index (χ0) is 46.0. The van der Waals surface area contributed by atoms with Gasteiger partial charge in [-0.05, 0) is 76.8 Å². The fourth-order valence-corrected chi connectivity index (χ4v) is 11.6. The van der Waals surface area contributed by atoms with Crippen molar-refractivity contribution in [1.29, 1.82) is 0 Å². The predicted octanol–water partition coefficient (Wildman–Crippen LogP) is 7.20. The summed E-state index contributed by atoms with van der Waals surface area (Å²) in [5, 5.41) is 12.3. The number of ether oxygens (including phenoxy) is 3. The summed E-state index contributed by atoms with van der Waals surface area (Å²) in [5.41, 5.74) is 0.277. The first-order chi connectivity index (χ1) is 30.4. The van der Waals surface area contributed by atoms with Gasteiger partial charge in [0.15, 0.2) is 5.13 Å². The first-order valence-electron chi connectivity index (χ1n) is 22.6. The van der Waals surface area contributed by atoms with Crippen LogP contribution in [0, 0.1) is 11.8 Å². The van der Waals surface area contributed by atoms with Crippen molar-refractivity contribution in [2.45, 2.75) is 153 Å². The van der Waals surface area contributed by atoms with Gasteiger partial charge in [-0.15, -0.1) is 11.3 Å². The van der Waals surface area contributed by atoms with Crippen molar-refractivity contribution in [3.8, 4) is 22.9 Å². The van der Waals surface area contributed by atoms with Gasteiger partial charge in [-0.2, -0.15) is 0 Å². The molecular formula is C46H63N7O9S2. The molecule has 3 aromatic rings. The molecule has 1 spiro atoms. The zero-order valence-electron chi connectivity index (χ0n) is 37.8. The summed E-state index contributed by atoms with van der Waals surface area (Å²) >= 11 is 1.45. The van der Waals surface area contributed by atoms with Crippen LogP contribution in [-0.2, 0) is 29.1 Å². The molecule has 2 aliphatic heterocycles. The maximum absolute atomic E-state index is 14.8. The van der Waals surface area contributed by atoms with Crippen LogP contribution in [0.15, 0.2) is 42.0 Å². The third-order valence-corrected chi connectivity index (χ3v) is 15.9. The summed E-state index contributed by atoms with van der Waals surface area (Å²) in [4.78, 5) is 67.7. The number of rotatable bonds is 12. The van der Waals surface area contributed by atoms with Crippen molar-refractivity contribution in [3.63, 3.8) is 0 Å². The van der Waals surface area contributed by atoms with Gasteiger partial charge in [-0.3, -0.25) is 19.1 Å². The van der Waals surface area contributed by atoms with Crippen LogP contribution in [-0.4, -0.2) is 95.3 Å². The summed E-state index contributed by atoms with van der Waals surface area (Å²) in [6.45, 7) is 12.7. The number of anilines is 1. The number of aromatic nitrogens is 2. The molecule has 7 rings (SSSR count). The normalized spacial score (nSPS) is 24.7. The summed E-state index contributed by atoms with van der Waals surface area (Å²) < 4.78 is 46.6. The monoisotopic (exact) mass is 921 g/mol. The molecule has 4 amide bonds. The molecule has 18 heteroatoms. The van der Waals surface area contributed by atoms with Crippen LogP contribution in [0.5, 0.6) is 11.5 Å². The van der Waals surface area contributed by atoms with E-state index in [1.165, 1.54) is 23.2 Å². The number of carbonyl (C=O) groups is 4. The molecule has 0 bridgehead atoms. The largest absolute Gasteiger partial charge is 0.497 e. The molecule has 2 aromatic heterocycles. The van der Waals surface area contributed by atoms with Gasteiger partial charge in [-0.25, -0.2) is 23.2 Å². The van der Waals surface area contributed by atoms with Crippen molar-refractivity contribution in [2.24, 2.45) is 11.8 Å². The summed E-state index contributed by atoms with van der Waals surface area (Å²) in [7, 11) is -2.46. The molecule has 16 nitrogen and oxygen atoms in total. The van der Waals surface area contributed by atoms with Gasteiger partial charge < -0.3 is 35.1 Å². The van der Waals surface area contributed by atoms with Crippen molar-refractivity contribution in [3.05, 3.63) is 42.0 Å². The van der Waals surface area contributed by atoms with E-state index in [0.29, 0.717) is 59.5 Å². The molecule has 4 N–H and O–H groups in total. The highest BCUT2D eigenvalue weighted by Crippen LogP contribution is 2.51. The Morgan fingerprint density at radius 1 is 0.984 bits per heavy atom. The summed E-state index contributed by atoms with van der Waals surface area (Å²) in [6.07, 6.45) is 7.51. The lowest BCUT2D eigenvalue weighted by Gasteiger charge is -2.31. The second kappa shape index (κ2) is 19.2. The minimum Gasteiger partial charge on any atom is -0.497 e. The molecule has 5 atom stereocenters. The van der Waals surface area contributed by atoms with E-state index in [1.807, 2.05) is 25.3 Å². The number of nitrogens with one attached hydrogen (secondary N) is 4. The first-order valence-corrected chi connectivity index (χ1v) is 25.0. The third kappa shape index (κ3) is 10.4. The number of sulfonamides is 1. The second-order valence-corrected chi connectivity index (χ2v) is 21.6. The van der Waals surface area contributed by atoms with Crippen LogP contribution >= 0.6 is 11.3 Å². The number of fused-ring (bicyclic) bond motifs is 2. The summed E-state index contributed by atoms with van der Waals surface area (Å²) in [6, 6.07) is 5.13. The molecule has 2 aliphatic carbocycles. The number of carbonyl (C=O) groups excluding carboxylic acids is 4. The zero-order valence-corrected chi connectivity index (χ0v) is 39.4. The Balaban J connectivity index is 1.21. The fourth-order valence-electron chi connectivity index (χ4n) is 9.10. The Morgan fingerprint density at radius 3 is 2.38 bits per heavy atom. The summed E-state index contributed by atoms with van der Waals surface area (Å²) in [5.74, 6) is -1.44. The maximum Gasteiger partial charge on any atom is 0.412 e. The number of hydrogen-bond donors (Lipinski definition) is 4. The van der Waals surface area contributed by atoms with Gasteiger partial charge in [0, 0.05) is 35.4 Å². The van der Waals surface area contributed by atoms with Crippen LogP contribution in [0.1, 0.15) is 118 Å². The number of pyridine rings is 1. The SMILES string of the molecule is C=C(C)OC(=O)N[C@H](C(=O)N1C[C@H](Oc2cc(-c3csc(NC(C)C)n3)nc3cc(OC)ccc23)C[C@H]1C(=O)N[C@]12C[C@H]1CCCCCCCCCC1(CC1)S(=O)(=O)NC2=O)C(C)C. The molecule has 348 valence electrons. The van der Waals surface area contributed by atoms with Crippen LogP contribution in [0.2, 0.25) is 0 Å². The lowest BCUT2D eigenvalue weighted by Crippen LogP contribution is -2.59. The van der Waals surface area contributed by atoms with Crippen LogP contribution in [0.25, 0.3) is 22.3 Å². The van der Waals surface area contributed by atoms with Gasteiger partial charge in [0.2, 0.25) is 21.8 Å². The lowest BCUT2D eigenvalue weighted by atomic mass is 10.0. The highest BCUT2D eigenvalue weighted by Gasteiger charge is 2.64. The van der Waals surface area contributed by atoms with E-state index in [9.17, 15) is 27.6 Å². The molecule has 2 saturated carbocycles. The molecule has 0 radical (unpaired) electrons. The number of amides is 4. The number of hydrogen-bond acceptors (Lipinski definition) is 13. The average molecular weight is 922 g/mol. The van der Waals surface area contributed by atoms with E-state index in [2.05, 4.69) is 27.3 Å². The number of alkyl carbamates (subject to hydrolysis) is 1. The number of methoxy groups -OCH3 is 1. The average Bonchev–Trinajstić information content (AvgIpc) is 4.06. The first kappa shape index (κ1) is 47.0. The molecular weight excluding hydrogens is 859 g/mol. The van der Waals surface area contributed by atoms with Gasteiger partial charge in [0.05, 0.1) is 35.4 Å². The molecule has 64 heavy (non-hydrogen) atoms. The minimum absolute atomic E-state index is 0.0246.